The maximum atomic E-state index is 6.11. The fourth-order valence-corrected chi connectivity index (χ4v) is 2.42. The molecule has 0 heterocycles. The van der Waals surface area contributed by atoms with Crippen molar-refractivity contribution in [1.82, 2.24) is 0 Å². The molecule has 0 aliphatic carbocycles. The van der Waals surface area contributed by atoms with Crippen LogP contribution in [0.15, 0.2) is 30.3 Å². The number of anilines is 1. The Morgan fingerprint density at radius 3 is 1.88 bits per heavy atom. The van der Waals surface area contributed by atoms with E-state index in [4.69, 9.17) is 52.1 Å². The lowest BCUT2D eigenvalue weighted by Crippen LogP contribution is -1.87. The number of halogens is 4. The summed E-state index contributed by atoms with van der Waals surface area (Å²) in [5, 5.41) is 1.85. The molecule has 17 heavy (non-hydrogen) atoms. The van der Waals surface area contributed by atoms with Crippen molar-refractivity contribution in [2.24, 2.45) is 0 Å². The second-order valence-electron chi connectivity index (χ2n) is 3.49. The number of hydrogen-bond donors (Lipinski definition) is 1. The van der Waals surface area contributed by atoms with Gasteiger partial charge in [-0.15, -0.1) is 0 Å². The summed E-state index contributed by atoms with van der Waals surface area (Å²) >= 11 is 24.1. The highest BCUT2D eigenvalue weighted by Crippen LogP contribution is 2.38. The van der Waals surface area contributed by atoms with Crippen LogP contribution in [0.5, 0.6) is 0 Å². The summed E-state index contributed by atoms with van der Waals surface area (Å²) in [4.78, 5) is 0. The minimum atomic E-state index is 0.409. The molecular formula is C12H7Cl4N. The van der Waals surface area contributed by atoms with Crippen LogP contribution in [0.1, 0.15) is 0 Å². The van der Waals surface area contributed by atoms with Crippen LogP contribution in [0, 0.1) is 0 Å². The number of nitrogen functional groups attached to an aromatic ring is 1. The van der Waals surface area contributed by atoms with E-state index < -0.39 is 0 Å². The first-order valence-corrected chi connectivity index (χ1v) is 6.20. The topological polar surface area (TPSA) is 26.0 Å². The Balaban J connectivity index is 2.64. The molecule has 0 fully saturated rings. The van der Waals surface area contributed by atoms with Crippen LogP contribution in [0.4, 0.5) is 5.69 Å². The van der Waals surface area contributed by atoms with Crippen LogP contribution in [-0.2, 0) is 0 Å². The van der Waals surface area contributed by atoms with Gasteiger partial charge in [0.25, 0.3) is 0 Å². The quantitative estimate of drug-likeness (QED) is 0.542. The second-order valence-corrected chi connectivity index (χ2v) is 5.11. The van der Waals surface area contributed by atoms with E-state index >= 15 is 0 Å². The van der Waals surface area contributed by atoms with Crippen molar-refractivity contribution >= 4 is 52.1 Å². The molecular weight excluding hydrogens is 300 g/mol. The molecule has 0 saturated carbocycles. The summed E-state index contributed by atoms with van der Waals surface area (Å²) in [6.07, 6.45) is 0. The zero-order valence-corrected chi connectivity index (χ0v) is 11.5. The highest BCUT2D eigenvalue weighted by molar-refractivity contribution is 6.44. The van der Waals surface area contributed by atoms with E-state index in [0.717, 1.165) is 11.1 Å². The predicted octanol–water partition coefficient (Wildman–Crippen LogP) is 5.55. The zero-order valence-electron chi connectivity index (χ0n) is 8.48. The normalized spacial score (nSPS) is 10.6. The van der Waals surface area contributed by atoms with Gasteiger partial charge in [-0.2, -0.15) is 0 Å². The fraction of sp³-hybridized carbons (Fsp3) is 0. The van der Waals surface area contributed by atoms with Crippen molar-refractivity contribution in [2.45, 2.75) is 0 Å². The second kappa shape index (κ2) is 4.95. The number of nitrogens with two attached hydrogens (primary N) is 1. The average molecular weight is 307 g/mol. The minimum Gasteiger partial charge on any atom is -0.399 e. The van der Waals surface area contributed by atoms with Gasteiger partial charge in [0.05, 0.1) is 20.1 Å². The molecule has 0 radical (unpaired) electrons. The van der Waals surface area contributed by atoms with Crippen molar-refractivity contribution in [3.05, 3.63) is 50.4 Å². The summed E-state index contributed by atoms with van der Waals surface area (Å²) in [7, 11) is 0. The van der Waals surface area contributed by atoms with Crippen molar-refractivity contribution in [3.63, 3.8) is 0 Å². The molecule has 2 aromatic carbocycles. The summed E-state index contributed by atoms with van der Waals surface area (Å²) in [5.74, 6) is 0. The highest BCUT2D eigenvalue weighted by atomic mass is 35.5. The first-order chi connectivity index (χ1) is 7.99. The summed E-state index contributed by atoms with van der Waals surface area (Å²) in [6, 6.07) is 8.48. The molecule has 0 saturated heterocycles. The summed E-state index contributed by atoms with van der Waals surface area (Å²) in [5.41, 5.74) is 7.72. The Morgan fingerprint density at radius 2 is 1.24 bits per heavy atom. The maximum Gasteiger partial charge on any atom is 0.0607 e. The molecule has 0 aliphatic heterocycles. The Labute approximate surface area is 119 Å². The smallest absolute Gasteiger partial charge is 0.0607 e. The van der Waals surface area contributed by atoms with E-state index in [2.05, 4.69) is 0 Å². The monoisotopic (exact) mass is 305 g/mol. The van der Waals surface area contributed by atoms with Crippen molar-refractivity contribution in [2.75, 3.05) is 5.73 Å². The molecule has 0 aromatic heterocycles. The number of benzene rings is 2. The van der Waals surface area contributed by atoms with E-state index in [0.29, 0.717) is 25.8 Å². The Kier molecular flexibility index (Phi) is 3.74. The first kappa shape index (κ1) is 12.8. The van der Waals surface area contributed by atoms with Gasteiger partial charge in [0.1, 0.15) is 0 Å². The van der Waals surface area contributed by atoms with E-state index in [1.165, 1.54) is 0 Å². The maximum absolute atomic E-state index is 6.11. The van der Waals surface area contributed by atoms with Crippen LogP contribution >= 0.6 is 46.4 Å². The van der Waals surface area contributed by atoms with Crippen molar-refractivity contribution < 1.29 is 0 Å². The van der Waals surface area contributed by atoms with Gasteiger partial charge >= 0.3 is 0 Å². The third-order valence-electron chi connectivity index (χ3n) is 2.29. The molecule has 0 unspecified atom stereocenters. The molecule has 2 aromatic rings. The zero-order chi connectivity index (χ0) is 12.6. The van der Waals surface area contributed by atoms with E-state index in [1.54, 1.807) is 30.3 Å². The molecule has 2 N–H and O–H groups in total. The van der Waals surface area contributed by atoms with Crippen LogP contribution in [0.3, 0.4) is 0 Å². The lowest BCUT2D eigenvalue weighted by atomic mass is 10.1. The van der Waals surface area contributed by atoms with Gasteiger partial charge in [0.15, 0.2) is 0 Å². The van der Waals surface area contributed by atoms with Gasteiger partial charge in [-0.05, 0) is 24.3 Å². The highest BCUT2D eigenvalue weighted by Gasteiger charge is 2.11. The first-order valence-electron chi connectivity index (χ1n) is 4.69. The predicted molar refractivity (Wildman–Crippen MR) is 76.3 cm³/mol. The van der Waals surface area contributed by atoms with Gasteiger partial charge in [-0.25, -0.2) is 0 Å². The van der Waals surface area contributed by atoms with Gasteiger partial charge in [-0.1, -0.05) is 52.5 Å². The third-order valence-corrected chi connectivity index (χ3v) is 3.64. The van der Waals surface area contributed by atoms with Crippen molar-refractivity contribution in [1.29, 1.82) is 0 Å². The molecule has 0 atom stereocenters. The van der Waals surface area contributed by atoms with E-state index in [-0.39, 0.29) is 0 Å². The van der Waals surface area contributed by atoms with Gasteiger partial charge in [0.2, 0.25) is 0 Å². The largest absolute Gasteiger partial charge is 0.399 e. The number of rotatable bonds is 1. The van der Waals surface area contributed by atoms with Gasteiger partial charge < -0.3 is 5.73 Å². The van der Waals surface area contributed by atoms with Crippen LogP contribution in [0.2, 0.25) is 20.1 Å². The summed E-state index contributed by atoms with van der Waals surface area (Å²) < 4.78 is 0. The van der Waals surface area contributed by atoms with Crippen LogP contribution in [-0.4, -0.2) is 0 Å². The third kappa shape index (κ3) is 2.63. The molecule has 5 heteroatoms. The van der Waals surface area contributed by atoms with Crippen molar-refractivity contribution in [3.8, 4) is 11.1 Å². The lowest BCUT2D eigenvalue weighted by molar-refractivity contribution is 1.61. The molecule has 88 valence electrons. The molecule has 0 spiro atoms. The Morgan fingerprint density at radius 1 is 0.647 bits per heavy atom. The Hall–Kier alpha value is -0.600. The fourth-order valence-electron chi connectivity index (χ4n) is 1.48. The molecule has 1 nitrogen and oxygen atoms in total. The molecule has 2 rings (SSSR count). The molecule has 0 amide bonds. The molecule has 0 bridgehead atoms. The van der Waals surface area contributed by atoms with E-state index in [1.807, 2.05) is 0 Å². The van der Waals surface area contributed by atoms with Gasteiger partial charge in [0, 0.05) is 16.8 Å². The lowest BCUT2D eigenvalue weighted by Gasteiger charge is -2.09. The number of hydrogen-bond acceptors (Lipinski definition) is 1. The van der Waals surface area contributed by atoms with E-state index in [9.17, 15) is 0 Å². The molecule has 0 aliphatic rings. The average Bonchev–Trinajstić information content (AvgIpc) is 2.24. The summed E-state index contributed by atoms with van der Waals surface area (Å²) in [6.45, 7) is 0. The van der Waals surface area contributed by atoms with Crippen LogP contribution in [0.25, 0.3) is 11.1 Å². The van der Waals surface area contributed by atoms with Crippen LogP contribution < -0.4 is 5.73 Å². The Bertz CT molecular complexity index is 581. The standard InChI is InChI=1S/C12H7Cl4N/c13-9-3-6(17)1-2-7(9)8-4-11(15)12(16)5-10(8)14/h1-5H,17H2. The SMILES string of the molecule is Nc1ccc(-c2cc(Cl)c(Cl)cc2Cl)c(Cl)c1. The minimum absolute atomic E-state index is 0.409. The van der Waals surface area contributed by atoms with Gasteiger partial charge in [-0.3, -0.25) is 0 Å².